The summed E-state index contributed by atoms with van der Waals surface area (Å²) in [6.07, 6.45) is 0.888. The van der Waals surface area contributed by atoms with Crippen LogP contribution in [0.2, 0.25) is 0 Å². The van der Waals surface area contributed by atoms with Crippen molar-refractivity contribution in [2.75, 3.05) is 26.2 Å². The van der Waals surface area contributed by atoms with Gasteiger partial charge in [0.15, 0.2) is 0 Å². The molecule has 0 aliphatic carbocycles. The van der Waals surface area contributed by atoms with Gasteiger partial charge in [-0.25, -0.2) is 8.42 Å². The molecule has 0 saturated carbocycles. The third kappa shape index (κ3) is 4.60. The highest BCUT2D eigenvalue weighted by atomic mass is 32.2. The maximum atomic E-state index is 13.4. The number of carbonyl (C=O) groups excluding carboxylic acids is 1. The standard InChI is InChI=1S/C27H30N2O4S/c1-20-18-28(19-26(33-20)22-8-3-2-4-9-22)27(30)23-13-15-29(16-14-23)34(31,32)25-12-11-21-7-5-6-10-24(21)17-25/h2-12,17,20,23,26H,13-16,18-19H2,1H3. The van der Waals surface area contributed by atoms with E-state index in [1.165, 1.54) is 4.31 Å². The predicted molar refractivity (Wildman–Crippen MR) is 132 cm³/mol. The average Bonchev–Trinajstić information content (AvgIpc) is 2.88. The second kappa shape index (κ2) is 9.49. The Morgan fingerprint density at radius 3 is 2.29 bits per heavy atom. The van der Waals surface area contributed by atoms with Gasteiger partial charge in [-0.3, -0.25) is 4.79 Å². The molecule has 2 atom stereocenters. The van der Waals surface area contributed by atoms with Crippen molar-refractivity contribution in [1.29, 1.82) is 0 Å². The number of sulfonamides is 1. The van der Waals surface area contributed by atoms with Gasteiger partial charge in [-0.2, -0.15) is 4.31 Å². The molecule has 2 aliphatic rings. The Morgan fingerprint density at radius 1 is 0.882 bits per heavy atom. The molecule has 1 amide bonds. The third-order valence-electron chi connectivity index (χ3n) is 6.91. The number of morpholine rings is 1. The SMILES string of the molecule is CC1CN(C(=O)C2CCN(S(=O)(=O)c3ccc4ccccc4c3)CC2)CC(c2ccccc2)O1. The molecule has 2 saturated heterocycles. The number of hydrogen-bond acceptors (Lipinski definition) is 4. The molecule has 0 spiro atoms. The van der Waals surface area contributed by atoms with E-state index in [-0.39, 0.29) is 24.0 Å². The summed E-state index contributed by atoms with van der Waals surface area (Å²) in [7, 11) is -3.59. The Morgan fingerprint density at radius 2 is 1.56 bits per heavy atom. The van der Waals surface area contributed by atoms with Crippen molar-refractivity contribution in [3.63, 3.8) is 0 Å². The molecule has 2 fully saturated rings. The highest BCUT2D eigenvalue weighted by molar-refractivity contribution is 7.89. The van der Waals surface area contributed by atoms with Crippen molar-refractivity contribution >= 4 is 26.7 Å². The topological polar surface area (TPSA) is 66.9 Å². The Balaban J connectivity index is 1.24. The van der Waals surface area contributed by atoms with E-state index in [0.717, 1.165) is 16.3 Å². The molecule has 0 N–H and O–H groups in total. The number of carbonyl (C=O) groups is 1. The number of benzene rings is 3. The number of rotatable bonds is 4. The predicted octanol–water partition coefficient (Wildman–Crippen LogP) is 4.23. The lowest BCUT2D eigenvalue weighted by Gasteiger charge is -2.40. The minimum Gasteiger partial charge on any atom is -0.367 e. The zero-order chi connectivity index (χ0) is 23.7. The first-order valence-electron chi connectivity index (χ1n) is 11.9. The molecular formula is C27H30N2O4S. The van der Waals surface area contributed by atoms with Crippen LogP contribution < -0.4 is 0 Å². The maximum Gasteiger partial charge on any atom is 0.243 e. The van der Waals surface area contributed by atoms with Crippen LogP contribution in [0.3, 0.4) is 0 Å². The molecule has 2 aliphatic heterocycles. The summed E-state index contributed by atoms with van der Waals surface area (Å²) in [5.74, 6) is -0.0522. The Kier molecular flexibility index (Phi) is 6.42. The number of piperidine rings is 1. The third-order valence-corrected chi connectivity index (χ3v) is 8.80. The molecule has 2 heterocycles. The van der Waals surface area contributed by atoms with Crippen LogP contribution in [0.25, 0.3) is 10.8 Å². The fourth-order valence-electron chi connectivity index (χ4n) is 5.06. The quantitative estimate of drug-likeness (QED) is 0.563. The molecule has 0 bridgehead atoms. The lowest BCUT2D eigenvalue weighted by molar-refractivity contribution is -0.150. The van der Waals surface area contributed by atoms with Crippen LogP contribution in [-0.2, 0) is 19.6 Å². The summed E-state index contributed by atoms with van der Waals surface area (Å²) < 4.78 is 34.2. The monoisotopic (exact) mass is 478 g/mol. The van der Waals surface area contributed by atoms with Crippen molar-refractivity contribution in [2.24, 2.45) is 5.92 Å². The molecule has 5 rings (SSSR count). The van der Waals surface area contributed by atoms with Crippen LogP contribution in [0.1, 0.15) is 31.4 Å². The van der Waals surface area contributed by atoms with Gasteiger partial charge in [0, 0.05) is 25.6 Å². The smallest absolute Gasteiger partial charge is 0.243 e. The van der Waals surface area contributed by atoms with E-state index < -0.39 is 10.0 Å². The highest BCUT2D eigenvalue weighted by Crippen LogP contribution is 2.30. The van der Waals surface area contributed by atoms with Crippen LogP contribution in [0.15, 0.2) is 77.7 Å². The summed E-state index contributed by atoms with van der Waals surface area (Å²) in [5, 5.41) is 1.92. The lowest BCUT2D eigenvalue weighted by atomic mass is 9.95. The molecule has 7 heteroatoms. The van der Waals surface area contributed by atoms with E-state index in [9.17, 15) is 13.2 Å². The average molecular weight is 479 g/mol. The molecule has 0 aromatic heterocycles. The van der Waals surface area contributed by atoms with Crippen LogP contribution >= 0.6 is 0 Å². The highest BCUT2D eigenvalue weighted by Gasteiger charge is 2.36. The van der Waals surface area contributed by atoms with Gasteiger partial charge in [0.25, 0.3) is 0 Å². The molecule has 3 aromatic rings. The van der Waals surface area contributed by atoms with E-state index in [1.54, 1.807) is 12.1 Å². The first kappa shape index (κ1) is 23.0. The number of ether oxygens (including phenoxy) is 1. The van der Waals surface area contributed by atoms with E-state index >= 15 is 0 Å². The van der Waals surface area contributed by atoms with Gasteiger partial charge in [0.1, 0.15) is 6.10 Å². The molecule has 2 unspecified atom stereocenters. The van der Waals surface area contributed by atoms with Crippen molar-refractivity contribution < 1.29 is 17.9 Å². The Hall–Kier alpha value is -2.74. The maximum absolute atomic E-state index is 13.4. The van der Waals surface area contributed by atoms with Crippen molar-refractivity contribution in [1.82, 2.24) is 9.21 Å². The van der Waals surface area contributed by atoms with Crippen molar-refractivity contribution in [3.05, 3.63) is 78.4 Å². The number of amides is 1. The van der Waals surface area contributed by atoms with Gasteiger partial charge in [0.2, 0.25) is 15.9 Å². The van der Waals surface area contributed by atoms with Crippen molar-refractivity contribution in [3.8, 4) is 0 Å². The van der Waals surface area contributed by atoms with Crippen LogP contribution in [-0.4, -0.2) is 55.8 Å². The number of hydrogen-bond donors (Lipinski definition) is 0. The number of nitrogens with zero attached hydrogens (tertiary/aromatic N) is 2. The van der Waals surface area contributed by atoms with E-state index in [2.05, 4.69) is 0 Å². The van der Waals surface area contributed by atoms with E-state index in [0.29, 0.717) is 43.9 Å². The van der Waals surface area contributed by atoms with Gasteiger partial charge in [-0.15, -0.1) is 0 Å². The first-order chi connectivity index (χ1) is 16.4. The molecule has 0 radical (unpaired) electrons. The van der Waals surface area contributed by atoms with Gasteiger partial charge in [-0.1, -0.05) is 60.7 Å². The Labute approximate surface area is 201 Å². The first-order valence-corrected chi connectivity index (χ1v) is 13.3. The normalized spacial score (nSPS) is 22.7. The van der Waals surface area contributed by atoms with Crippen LogP contribution in [0.5, 0.6) is 0 Å². The minimum absolute atomic E-state index is 0.0451. The fourth-order valence-corrected chi connectivity index (χ4v) is 6.57. The second-order valence-corrected chi connectivity index (χ2v) is 11.2. The summed E-state index contributed by atoms with van der Waals surface area (Å²) in [4.78, 5) is 15.6. The second-order valence-electron chi connectivity index (χ2n) is 9.28. The van der Waals surface area contributed by atoms with Crippen molar-refractivity contribution in [2.45, 2.75) is 36.9 Å². The van der Waals surface area contributed by atoms with Gasteiger partial charge < -0.3 is 9.64 Å². The summed E-state index contributed by atoms with van der Waals surface area (Å²) in [5.41, 5.74) is 1.07. The minimum atomic E-state index is -3.59. The van der Waals surface area contributed by atoms with Crippen LogP contribution in [0.4, 0.5) is 0 Å². The van der Waals surface area contributed by atoms with Gasteiger partial charge in [0.05, 0.1) is 17.5 Å². The largest absolute Gasteiger partial charge is 0.367 e. The van der Waals surface area contributed by atoms with Gasteiger partial charge in [-0.05, 0) is 48.2 Å². The molecule has 34 heavy (non-hydrogen) atoms. The zero-order valence-corrected chi connectivity index (χ0v) is 20.2. The molecule has 178 valence electrons. The summed E-state index contributed by atoms with van der Waals surface area (Å²) in [6, 6.07) is 23.0. The zero-order valence-electron chi connectivity index (χ0n) is 19.3. The Bertz CT molecular complexity index is 1270. The molecular weight excluding hydrogens is 448 g/mol. The van der Waals surface area contributed by atoms with Crippen LogP contribution in [0, 0.1) is 5.92 Å². The lowest BCUT2D eigenvalue weighted by Crippen LogP contribution is -2.50. The van der Waals surface area contributed by atoms with Gasteiger partial charge >= 0.3 is 0 Å². The summed E-state index contributed by atoms with van der Waals surface area (Å²) in [6.45, 7) is 3.80. The fraction of sp³-hybridized carbons (Fsp3) is 0.370. The molecule has 6 nitrogen and oxygen atoms in total. The number of fused-ring (bicyclic) bond motifs is 1. The van der Waals surface area contributed by atoms with E-state index in [1.807, 2.05) is 72.5 Å². The molecule has 3 aromatic carbocycles. The summed E-state index contributed by atoms with van der Waals surface area (Å²) >= 11 is 0. The van der Waals surface area contributed by atoms with E-state index in [4.69, 9.17) is 4.74 Å².